The highest BCUT2D eigenvalue weighted by Gasteiger charge is 2.04. The van der Waals surface area contributed by atoms with E-state index in [-0.39, 0.29) is 0 Å². The van der Waals surface area contributed by atoms with Crippen molar-refractivity contribution in [2.45, 2.75) is 27.2 Å². The second kappa shape index (κ2) is 4.01. The van der Waals surface area contributed by atoms with Crippen molar-refractivity contribution in [3.8, 4) is 0 Å². The molecule has 1 heteroatoms. The third kappa shape index (κ3) is 2.17. The molecule has 0 saturated heterocycles. The Morgan fingerprint density at radius 3 is 2.67 bits per heavy atom. The molecule has 1 nitrogen and oxygen atoms in total. The molecule has 0 aliphatic carbocycles. The second-order valence-corrected chi connectivity index (χ2v) is 4.52. The first-order valence-electron chi connectivity index (χ1n) is 5.52. The zero-order chi connectivity index (χ0) is 10.8. The number of nitrogens with zero attached hydrogens (tertiary/aromatic N) is 1. The summed E-state index contributed by atoms with van der Waals surface area (Å²) in [7, 11) is 0. The Hall–Kier alpha value is -1.37. The first-order valence-corrected chi connectivity index (χ1v) is 5.52. The molecule has 1 aromatic heterocycles. The van der Waals surface area contributed by atoms with E-state index in [9.17, 15) is 0 Å². The fourth-order valence-corrected chi connectivity index (χ4v) is 1.90. The molecule has 78 valence electrons. The van der Waals surface area contributed by atoms with Crippen molar-refractivity contribution in [1.29, 1.82) is 0 Å². The zero-order valence-corrected chi connectivity index (χ0v) is 9.62. The summed E-state index contributed by atoms with van der Waals surface area (Å²) < 4.78 is 0. The Balaban J connectivity index is 2.52. The van der Waals surface area contributed by atoms with Crippen molar-refractivity contribution in [1.82, 2.24) is 4.98 Å². The van der Waals surface area contributed by atoms with Crippen LogP contribution < -0.4 is 0 Å². The van der Waals surface area contributed by atoms with E-state index < -0.39 is 0 Å². The molecule has 2 rings (SSSR count). The number of benzene rings is 1. The van der Waals surface area contributed by atoms with Crippen molar-refractivity contribution in [3.63, 3.8) is 0 Å². The first-order chi connectivity index (χ1) is 7.16. The van der Waals surface area contributed by atoms with Crippen LogP contribution in [0, 0.1) is 12.8 Å². The number of aromatic nitrogens is 1. The molecule has 0 saturated carbocycles. The Bertz CT molecular complexity index is 472. The minimum absolute atomic E-state index is 0.687. The number of hydrogen-bond acceptors (Lipinski definition) is 1. The van der Waals surface area contributed by atoms with Crippen LogP contribution >= 0.6 is 0 Å². The van der Waals surface area contributed by atoms with Gasteiger partial charge in [-0.25, -0.2) is 0 Å². The molecule has 15 heavy (non-hydrogen) atoms. The predicted molar refractivity (Wildman–Crippen MR) is 65.0 cm³/mol. The molecular weight excluding hydrogens is 182 g/mol. The molecule has 0 N–H and O–H groups in total. The summed E-state index contributed by atoms with van der Waals surface area (Å²) in [6, 6.07) is 10.6. The van der Waals surface area contributed by atoms with Crippen molar-refractivity contribution in [2.24, 2.45) is 5.92 Å². The van der Waals surface area contributed by atoms with E-state index in [4.69, 9.17) is 0 Å². The van der Waals surface area contributed by atoms with Crippen LogP contribution in [0.25, 0.3) is 10.9 Å². The van der Waals surface area contributed by atoms with Crippen molar-refractivity contribution < 1.29 is 0 Å². The van der Waals surface area contributed by atoms with E-state index >= 15 is 0 Å². The summed E-state index contributed by atoms with van der Waals surface area (Å²) in [5.74, 6) is 0.687. The van der Waals surface area contributed by atoms with Crippen molar-refractivity contribution in [3.05, 3.63) is 41.6 Å². The second-order valence-electron chi connectivity index (χ2n) is 4.52. The highest BCUT2D eigenvalue weighted by molar-refractivity contribution is 5.79. The Morgan fingerprint density at radius 2 is 1.93 bits per heavy atom. The standard InChI is InChI=1S/C14H17N/c1-10(2)8-13-9-12-6-4-5-7-14(12)15-11(13)3/h4-7,9-10H,8H2,1-3H3. The molecule has 0 spiro atoms. The van der Waals surface area contributed by atoms with Crippen molar-refractivity contribution in [2.75, 3.05) is 0 Å². The SMILES string of the molecule is Cc1nc2ccccc2cc1CC(C)C. The third-order valence-electron chi connectivity index (χ3n) is 2.65. The number of hydrogen-bond donors (Lipinski definition) is 0. The van der Waals surface area contributed by atoms with Gasteiger partial charge < -0.3 is 0 Å². The summed E-state index contributed by atoms with van der Waals surface area (Å²) in [5, 5.41) is 1.25. The third-order valence-corrected chi connectivity index (χ3v) is 2.65. The van der Waals surface area contributed by atoms with Gasteiger partial charge in [-0.3, -0.25) is 4.98 Å². The maximum Gasteiger partial charge on any atom is 0.0705 e. The average Bonchev–Trinajstić information content (AvgIpc) is 2.18. The van der Waals surface area contributed by atoms with Crippen LogP contribution in [0.15, 0.2) is 30.3 Å². The van der Waals surface area contributed by atoms with E-state index in [0.717, 1.165) is 11.9 Å². The lowest BCUT2D eigenvalue weighted by atomic mass is 10.0. The maximum absolute atomic E-state index is 4.63. The van der Waals surface area contributed by atoms with E-state index in [1.165, 1.54) is 16.6 Å². The summed E-state index contributed by atoms with van der Waals surface area (Å²) in [6.07, 6.45) is 1.11. The van der Waals surface area contributed by atoms with E-state index in [1.807, 2.05) is 6.07 Å². The fraction of sp³-hybridized carbons (Fsp3) is 0.357. The molecule has 1 aromatic carbocycles. The number of para-hydroxylation sites is 1. The lowest BCUT2D eigenvalue weighted by Crippen LogP contribution is -1.99. The van der Waals surface area contributed by atoms with Gasteiger partial charge in [0.1, 0.15) is 0 Å². The van der Waals surface area contributed by atoms with Gasteiger partial charge in [0, 0.05) is 11.1 Å². The Kier molecular flexibility index (Phi) is 2.72. The maximum atomic E-state index is 4.63. The van der Waals surface area contributed by atoms with E-state index in [0.29, 0.717) is 5.92 Å². The number of pyridine rings is 1. The van der Waals surface area contributed by atoms with Gasteiger partial charge in [0.05, 0.1) is 5.52 Å². The molecule has 1 heterocycles. The van der Waals surface area contributed by atoms with Crippen molar-refractivity contribution >= 4 is 10.9 Å². The molecule has 0 unspecified atom stereocenters. The highest BCUT2D eigenvalue weighted by atomic mass is 14.7. The largest absolute Gasteiger partial charge is 0.253 e. The Morgan fingerprint density at radius 1 is 1.20 bits per heavy atom. The lowest BCUT2D eigenvalue weighted by Gasteiger charge is -2.09. The van der Waals surface area contributed by atoms with Gasteiger partial charge in [0.15, 0.2) is 0 Å². The molecule has 0 aliphatic heterocycles. The van der Waals surface area contributed by atoms with Gasteiger partial charge in [0.25, 0.3) is 0 Å². The van der Waals surface area contributed by atoms with Gasteiger partial charge in [0.2, 0.25) is 0 Å². The van der Waals surface area contributed by atoms with Crippen LogP contribution in [0.4, 0.5) is 0 Å². The number of rotatable bonds is 2. The minimum Gasteiger partial charge on any atom is -0.253 e. The molecule has 0 aliphatic rings. The summed E-state index contributed by atoms with van der Waals surface area (Å²) in [5.41, 5.74) is 3.65. The molecule has 2 aromatic rings. The summed E-state index contributed by atoms with van der Waals surface area (Å²) in [6.45, 7) is 6.59. The highest BCUT2D eigenvalue weighted by Crippen LogP contribution is 2.18. The van der Waals surface area contributed by atoms with Crippen LogP contribution in [0.2, 0.25) is 0 Å². The predicted octanol–water partition coefficient (Wildman–Crippen LogP) is 3.74. The van der Waals surface area contributed by atoms with Crippen LogP contribution in [0.5, 0.6) is 0 Å². The van der Waals surface area contributed by atoms with Crippen LogP contribution in [-0.4, -0.2) is 4.98 Å². The lowest BCUT2D eigenvalue weighted by molar-refractivity contribution is 0.643. The molecule has 0 fully saturated rings. The monoisotopic (exact) mass is 199 g/mol. The molecule has 0 bridgehead atoms. The quantitative estimate of drug-likeness (QED) is 0.718. The van der Waals surface area contributed by atoms with Crippen LogP contribution in [0.3, 0.4) is 0 Å². The molecule has 0 atom stereocenters. The van der Waals surface area contributed by atoms with Gasteiger partial charge in [-0.05, 0) is 37.0 Å². The van der Waals surface area contributed by atoms with Gasteiger partial charge in [-0.1, -0.05) is 32.0 Å². The van der Waals surface area contributed by atoms with E-state index in [2.05, 4.69) is 50.0 Å². The minimum atomic E-state index is 0.687. The van der Waals surface area contributed by atoms with Gasteiger partial charge in [-0.2, -0.15) is 0 Å². The topological polar surface area (TPSA) is 12.9 Å². The van der Waals surface area contributed by atoms with Crippen LogP contribution in [-0.2, 0) is 6.42 Å². The summed E-state index contributed by atoms with van der Waals surface area (Å²) in [4.78, 5) is 4.63. The molecule has 0 radical (unpaired) electrons. The van der Waals surface area contributed by atoms with E-state index in [1.54, 1.807) is 0 Å². The Labute approximate surface area is 91.2 Å². The molecule has 0 amide bonds. The normalized spacial score (nSPS) is 11.2. The summed E-state index contributed by atoms with van der Waals surface area (Å²) >= 11 is 0. The molecular formula is C14H17N. The average molecular weight is 199 g/mol. The first kappa shape index (κ1) is 10.2. The fourth-order valence-electron chi connectivity index (χ4n) is 1.90. The number of fused-ring (bicyclic) bond motifs is 1. The van der Waals surface area contributed by atoms with Crippen LogP contribution in [0.1, 0.15) is 25.1 Å². The van der Waals surface area contributed by atoms with Gasteiger partial charge in [-0.15, -0.1) is 0 Å². The number of aryl methyl sites for hydroxylation is 1. The smallest absolute Gasteiger partial charge is 0.0705 e. The zero-order valence-electron chi connectivity index (χ0n) is 9.62. The van der Waals surface area contributed by atoms with Gasteiger partial charge >= 0.3 is 0 Å².